The number of carbonyl (C=O) groups is 1. The van der Waals surface area contributed by atoms with Crippen LogP contribution >= 0.6 is 12.4 Å². The largest absolute Gasteiger partial charge is 0.352 e. The summed E-state index contributed by atoms with van der Waals surface area (Å²) < 4.78 is 12.8. The third-order valence-corrected chi connectivity index (χ3v) is 1.99. The van der Waals surface area contributed by atoms with Gasteiger partial charge in [-0.05, 0) is 30.7 Å². The molecule has 0 unspecified atom stereocenters. The Morgan fingerprint density at radius 3 is 2.81 bits per heavy atom. The van der Waals surface area contributed by atoms with Crippen LogP contribution in [0.5, 0.6) is 0 Å². The van der Waals surface area contributed by atoms with Crippen molar-refractivity contribution in [3.05, 3.63) is 35.6 Å². The Morgan fingerprint density at radius 2 is 2.19 bits per heavy atom. The van der Waals surface area contributed by atoms with E-state index in [9.17, 15) is 9.18 Å². The molecule has 0 aromatic heterocycles. The Labute approximate surface area is 101 Å². The van der Waals surface area contributed by atoms with Gasteiger partial charge in [-0.2, -0.15) is 0 Å². The van der Waals surface area contributed by atoms with Gasteiger partial charge in [0.05, 0.1) is 0 Å². The minimum atomic E-state index is -0.288. The Hall–Kier alpha value is -1.13. The van der Waals surface area contributed by atoms with E-state index in [2.05, 4.69) is 5.32 Å². The highest BCUT2D eigenvalue weighted by atomic mass is 35.5. The molecule has 0 atom stereocenters. The van der Waals surface area contributed by atoms with Gasteiger partial charge in [-0.25, -0.2) is 4.39 Å². The molecule has 1 aromatic carbocycles. The van der Waals surface area contributed by atoms with Crippen LogP contribution in [-0.2, 0) is 11.3 Å². The van der Waals surface area contributed by atoms with E-state index < -0.39 is 0 Å². The van der Waals surface area contributed by atoms with E-state index in [1.54, 1.807) is 12.1 Å². The average Bonchev–Trinajstić information content (AvgIpc) is 2.23. The molecule has 0 bridgehead atoms. The number of carbonyl (C=O) groups excluding carboxylic acids is 1. The molecule has 0 saturated heterocycles. The summed E-state index contributed by atoms with van der Waals surface area (Å²) in [6.45, 7) is 0.870. The van der Waals surface area contributed by atoms with E-state index in [-0.39, 0.29) is 24.1 Å². The summed E-state index contributed by atoms with van der Waals surface area (Å²) in [4.78, 5) is 11.2. The second-order valence-corrected chi connectivity index (χ2v) is 3.30. The zero-order valence-corrected chi connectivity index (χ0v) is 9.73. The number of hydrogen-bond donors (Lipinski definition) is 2. The highest BCUT2D eigenvalue weighted by Crippen LogP contribution is 2.02. The summed E-state index contributed by atoms with van der Waals surface area (Å²) >= 11 is 0. The Bertz CT molecular complexity index is 334. The number of hydrogen-bond acceptors (Lipinski definition) is 2. The molecule has 0 aliphatic rings. The lowest BCUT2D eigenvalue weighted by molar-refractivity contribution is -0.121. The van der Waals surface area contributed by atoms with Gasteiger partial charge in [0, 0.05) is 13.0 Å². The second-order valence-electron chi connectivity index (χ2n) is 3.30. The molecule has 1 rings (SSSR count). The van der Waals surface area contributed by atoms with Gasteiger partial charge in [-0.3, -0.25) is 4.79 Å². The number of nitrogens with two attached hydrogens (primary N) is 1. The smallest absolute Gasteiger partial charge is 0.220 e. The molecular weight excluding hydrogens is 231 g/mol. The SMILES string of the molecule is Cl.NCCCC(=O)NCc1cccc(F)c1. The molecule has 1 aromatic rings. The normalized spacial score (nSPS) is 9.38. The molecule has 5 heteroatoms. The van der Waals surface area contributed by atoms with Gasteiger partial charge in [0.2, 0.25) is 5.91 Å². The molecule has 0 aliphatic carbocycles. The third-order valence-electron chi connectivity index (χ3n) is 1.99. The van der Waals surface area contributed by atoms with Gasteiger partial charge in [-0.15, -0.1) is 12.4 Å². The molecule has 0 heterocycles. The fraction of sp³-hybridized carbons (Fsp3) is 0.364. The number of amides is 1. The predicted octanol–water partition coefficient (Wildman–Crippen LogP) is 1.60. The summed E-state index contributed by atoms with van der Waals surface area (Å²) in [6.07, 6.45) is 1.10. The van der Waals surface area contributed by atoms with Gasteiger partial charge in [0.1, 0.15) is 5.82 Å². The minimum absolute atomic E-state index is 0. The van der Waals surface area contributed by atoms with E-state index in [1.165, 1.54) is 12.1 Å². The van der Waals surface area contributed by atoms with Crippen molar-refractivity contribution < 1.29 is 9.18 Å². The zero-order valence-electron chi connectivity index (χ0n) is 8.91. The summed E-state index contributed by atoms with van der Waals surface area (Å²) in [6, 6.07) is 6.17. The number of nitrogens with one attached hydrogen (secondary N) is 1. The minimum Gasteiger partial charge on any atom is -0.352 e. The molecule has 3 N–H and O–H groups in total. The summed E-state index contributed by atoms with van der Waals surface area (Å²) in [5, 5.41) is 2.70. The lowest BCUT2D eigenvalue weighted by Gasteiger charge is -2.04. The number of benzene rings is 1. The first kappa shape index (κ1) is 14.9. The lowest BCUT2D eigenvalue weighted by atomic mass is 10.2. The van der Waals surface area contributed by atoms with Crippen molar-refractivity contribution in [2.24, 2.45) is 5.73 Å². The van der Waals surface area contributed by atoms with Gasteiger partial charge in [-0.1, -0.05) is 12.1 Å². The van der Waals surface area contributed by atoms with Crippen molar-refractivity contribution in [3.63, 3.8) is 0 Å². The third kappa shape index (κ3) is 5.68. The zero-order chi connectivity index (χ0) is 11.1. The van der Waals surface area contributed by atoms with Gasteiger partial charge in [0.15, 0.2) is 0 Å². The predicted molar refractivity (Wildman–Crippen MR) is 63.8 cm³/mol. The first-order valence-corrected chi connectivity index (χ1v) is 4.93. The average molecular weight is 247 g/mol. The maximum absolute atomic E-state index is 12.8. The van der Waals surface area contributed by atoms with E-state index in [0.29, 0.717) is 25.9 Å². The molecule has 0 spiro atoms. The molecule has 0 saturated carbocycles. The lowest BCUT2D eigenvalue weighted by Crippen LogP contribution is -2.23. The van der Waals surface area contributed by atoms with Crippen LogP contribution in [-0.4, -0.2) is 12.5 Å². The van der Waals surface area contributed by atoms with Crippen molar-refractivity contribution in [2.45, 2.75) is 19.4 Å². The maximum atomic E-state index is 12.8. The van der Waals surface area contributed by atoms with Gasteiger partial charge < -0.3 is 11.1 Å². The van der Waals surface area contributed by atoms with Crippen LogP contribution in [0.1, 0.15) is 18.4 Å². The molecule has 90 valence electrons. The molecule has 1 amide bonds. The highest BCUT2D eigenvalue weighted by molar-refractivity contribution is 5.85. The molecular formula is C11H16ClFN2O. The topological polar surface area (TPSA) is 55.1 Å². The number of rotatable bonds is 5. The monoisotopic (exact) mass is 246 g/mol. The van der Waals surface area contributed by atoms with Crippen molar-refractivity contribution in [2.75, 3.05) is 6.54 Å². The van der Waals surface area contributed by atoms with Crippen LogP contribution < -0.4 is 11.1 Å². The van der Waals surface area contributed by atoms with Crippen LogP contribution in [0.25, 0.3) is 0 Å². The van der Waals surface area contributed by atoms with E-state index in [0.717, 1.165) is 5.56 Å². The van der Waals surface area contributed by atoms with Crippen LogP contribution in [0, 0.1) is 5.82 Å². The standard InChI is InChI=1S/C11H15FN2O.ClH/c12-10-4-1-3-9(7-10)8-14-11(15)5-2-6-13;/h1,3-4,7H,2,5-6,8,13H2,(H,14,15);1H. The number of halogens is 2. The summed E-state index contributed by atoms with van der Waals surface area (Å²) in [5.74, 6) is -0.339. The molecule has 0 aliphatic heterocycles. The Morgan fingerprint density at radius 1 is 1.44 bits per heavy atom. The maximum Gasteiger partial charge on any atom is 0.220 e. The highest BCUT2D eigenvalue weighted by Gasteiger charge is 2.00. The summed E-state index contributed by atoms with van der Waals surface area (Å²) in [5.41, 5.74) is 6.03. The molecule has 16 heavy (non-hydrogen) atoms. The fourth-order valence-corrected chi connectivity index (χ4v) is 1.20. The second kappa shape index (κ2) is 8.07. The summed E-state index contributed by atoms with van der Waals surface area (Å²) in [7, 11) is 0. The van der Waals surface area contributed by atoms with Crippen LogP contribution in [0.4, 0.5) is 4.39 Å². The van der Waals surface area contributed by atoms with Crippen molar-refractivity contribution in [1.29, 1.82) is 0 Å². The van der Waals surface area contributed by atoms with E-state index >= 15 is 0 Å². The van der Waals surface area contributed by atoms with Gasteiger partial charge in [0.25, 0.3) is 0 Å². The first-order chi connectivity index (χ1) is 7.22. The van der Waals surface area contributed by atoms with E-state index in [4.69, 9.17) is 5.73 Å². The fourth-order valence-electron chi connectivity index (χ4n) is 1.20. The van der Waals surface area contributed by atoms with Crippen molar-refractivity contribution in [3.8, 4) is 0 Å². The van der Waals surface area contributed by atoms with Crippen molar-refractivity contribution >= 4 is 18.3 Å². The van der Waals surface area contributed by atoms with Gasteiger partial charge >= 0.3 is 0 Å². The Kier molecular flexibility index (Phi) is 7.50. The molecule has 0 fully saturated rings. The first-order valence-electron chi connectivity index (χ1n) is 4.93. The van der Waals surface area contributed by atoms with Crippen LogP contribution in [0.3, 0.4) is 0 Å². The van der Waals surface area contributed by atoms with Crippen LogP contribution in [0.15, 0.2) is 24.3 Å². The van der Waals surface area contributed by atoms with Crippen molar-refractivity contribution in [1.82, 2.24) is 5.32 Å². The molecule has 0 radical (unpaired) electrons. The molecule has 3 nitrogen and oxygen atoms in total. The van der Waals surface area contributed by atoms with Crippen LogP contribution in [0.2, 0.25) is 0 Å². The quantitative estimate of drug-likeness (QED) is 0.829. The Balaban J connectivity index is 0.00000225. The van der Waals surface area contributed by atoms with E-state index in [1.807, 2.05) is 0 Å².